The minimum atomic E-state index is -0.349. The Morgan fingerprint density at radius 2 is 1.80 bits per heavy atom. The smallest absolute Gasteiger partial charge is 0.229 e. The lowest BCUT2D eigenvalue weighted by Gasteiger charge is -2.24. The highest BCUT2D eigenvalue weighted by Gasteiger charge is 2.24. The molecule has 0 radical (unpaired) electrons. The second-order valence-electron chi connectivity index (χ2n) is 9.65. The van der Waals surface area contributed by atoms with E-state index in [-0.39, 0.29) is 17.6 Å². The fourth-order valence-corrected chi connectivity index (χ4v) is 5.08. The standard InChI is InChI=1S/C26H40FN7O/c1-3-21(22-11-8-15-28-22)31-26-33-24(29-16-14-18-12-13-23(35-2)20(27)17-18)32-25(34-26)30-19-9-6-4-5-7-10-19/h12-13,17,19,21-22,28H,3-11,14-16H2,1-2H3,(H3,29,30,31,32,33,34). The number of methoxy groups -OCH3 is 1. The predicted molar refractivity (Wildman–Crippen MR) is 139 cm³/mol. The summed E-state index contributed by atoms with van der Waals surface area (Å²) in [5.41, 5.74) is 0.887. The molecule has 4 rings (SSSR count). The van der Waals surface area contributed by atoms with E-state index in [1.54, 1.807) is 6.07 Å². The minimum absolute atomic E-state index is 0.256. The zero-order chi connectivity index (χ0) is 24.5. The first kappa shape index (κ1) is 25.4. The topological polar surface area (TPSA) is 96.0 Å². The van der Waals surface area contributed by atoms with Gasteiger partial charge in [0.1, 0.15) is 0 Å². The van der Waals surface area contributed by atoms with Crippen molar-refractivity contribution in [2.24, 2.45) is 0 Å². The van der Waals surface area contributed by atoms with Crippen LogP contribution in [0, 0.1) is 5.82 Å². The lowest BCUT2D eigenvalue weighted by atomic mass is 10.0. The lowest BCUT2D eigenvalue weighted by molar-refractivity contribution is 0.386. The lowest BCUT2D eigenvalue weighted by Crippen LogP contribution is -2.40. The van der Waals surface area contributed by atoms with Gasteiger partial charge in [-0.15, -0.1) is 0 Å². The van der Waals surface area contributed by atoms with E-state index < -0.39 is 0 Å². The van der Waals surface area contributed by atoms with E-state index in [4.69, 9.17) is 9.72 Å². The monoisotopic (exact) mass is 485 g/mol. The quantitative estimate of drug-likeness (QED) is 0.339. The first-order valence-electron chi connectivity index (χ1n) is 13.2. The molecule has 1 saturated heterocycles. The van der Waals surface area contributed by atoms with E-state index >= 15 is 0 Å². The van der Waals surface area contributed by atoms with Gasteiger partial charge in [0.05, 0.1) is 7.11 Å². The average Bonchev–Trinajstić information content (AvgIpc) is 3.27. The third-order valence-corrected chi connectivity index (χ3v) is 7.08. The molecule has 1 saturated carbocycles. The van der Waals surface area contributed by atoms with E-state index in [9.17, 15) is 4.39 Å². The van der Waals surface area contributed by atoms with Crippen LogP contribution in [0.15, 0.2) is 18.2 Å². The first-order valence-corrected chi connectivity index (χ1v) is 13.2. The summed E-state index contributed by atoms with van der Waals surface area (Å²) in [6.07, 6.45) is 11.4. The number of halogens is 1. The van der Waals surface area contributed by atoms with Crippen LogP contribution in [0.4, 0.5) is 22.2 Å². The molecule has 1 aliphatic carbocycles. The van der Waals surface area contributed by atoms with Gasteiger partial charge in [0.25, 0.3) is 0 Å². The molecule has 1 aromatic heterocycles. The molecule has 9 heteroatoms. The Morgan fingerprint density at radius 1 is 1.03 bits per heavy atom. The number of rotatable bonds is 11. The molecule has 0 spiro atoms. The SMILES string of the molecule is CCC(Nc1nc(NCCc2ccc(OC)c(F)c2)nc(NC2CCCCCC2)n1)C1CCCN1. The summed E-state index contributed by atoms with van der Waals surface area (Å²) in [6, 6.07) is 6.13. The molecule has 1 aromatic carbocycles. The number of ether oxygens (including phenoxy) is 1. The number of benzene rings is 1. The molecule has 2 aliphatic rings. The molecule has 2 fully saturated rings. The summed E-state index contributed by atoms with van der Waals surface area (Å²) in [4.78, 5) is 14.1. The van der Waals surface area contributed by atoms with Gasteiger partial charge in [0, 0.05) is 24.7 Å². The van der Waals surface area contributed by atoms with Gasteiger partial charge in [-0.25, -0.2) is 4.39 Å². The number of hydrogen-bond donors (Lipinski definition) is 4. The largest absolute Gasteiger partial charge is 0.494 e. The zero-order valence-electron chi connectivity index (χ0n) is 21.1. The molecule has 192 valence electrons. The van der Waals surface area contributed by atoms with Crippen molar-refractivity contribution in [3.63, 3.8) is 0 Å². The average molecular weight is 486 g/mol. The van der Waals surface area contributed by atoms with Gasteiger partial charge in [-0.1, -0.05) is 38.7 Å². The highest BCUT2D eigenvalue weighted by molar-refractivity contribution is 5.43. The summed E-state index contributed by atoms with van der Waals surface area (Å²) in [6.45, 7) is 3.84. The molecule has 0 bridgehead atoms. The van der Waals surface area contributed by atoms with Gasteiger partial charge >= 0.3 is 0 Å². The predicted octanol–water partition coefficient (Wildman–Crippen LogP) is 4.75. The molecule has 2 heterocycles. The Hall–Kier alpha value is -2.68. The molecule has 2 unspecified atom stereocenters. The first-order chi connectivity index (χ1) is 17.1. The van der Waals surface area contributed by atoms with Crippen LogP contribution in [-0.2, 0) is 6.42 Å². The van der Waals surface area contributed by atoms with Crippen molar-refractivity contribution in [2.45, 2.75) is 89.3 Å². The van der Waals surface area contributed by atoms with Crippen LogP contribution in [0.2, 0.25) is 0 Å². The van der Waals surface area contributed by atoms with E-state index in [1.165, 1.54) is 45.3 Å². The van der Waals surface area contributed by atoms with E-state index in [1.807, 2.05) is 6.07 Å². The van der Waals surface area contributed by atoms with Crippen LogP contribution in [0.25, 0.3) is 0 Å². The Bertz CT molecular complexity index is 930. The van der Waals surface area contributed by atoms with Crippen LogP contribution in [0.1, 0.15) is 70.3 Å². The molecule has 35 heavy (non-hydrogen) atoms. The van der Waals surface area contributed by atoms with Crippen molar-refractivity contribution in [1.29, 1.82) is 0 Å². The number of nitrogens with zero attached hydrogens (tertiary/aromatic N) is 3. The van der Waals surface area contributed by atoms with Gasteiger partial charge in [-0.05, 0) is 62.8 Å². The van der Waals surface area contributed by atoms with Gasteiger partial charge in [0.15, 0.2) is 11.6 Å². The second kappa shape index (κ2) is 12.9. The van der Waals surface area contributed by atoms with E-state index in [2.05, 4.69) is 38.2 Å². The summed E-state index contributed by atoms with van der Waals surface area (Å²) < 4.78 is 19.1. The zero-order valence-corrected chi connectivity index (χ0v) is 21.1. The molecular formula is C26H40FN7O. The fraction of sp³-hybridized carbons (Fsp3) is 0.654. The van der Waals surface area contributed by atoms with Crippen LogP contribution in [0.5, 0.6) is 5.75 Å². The Morgan fingerprint density at radius 3 is 2.49 bits per heavy atom. The summed E-state index contributed by atoms with van der Waals surface area (Å²) in [7, 11) is 1.47. The van der Waals surface area contributed by atoms with E-state index in [0.29, 0.717) is 42.9 Å². The number of hydrogen-bond acceptors (Lipinski definition) is 8. The maximum absolute atomic E-state index is 14.0. The minimum Gasteiger partial charge on any atom is -0.494 e. The second-order valence-corrected chi connectivity index (χ2v) is 9.65. The van der Waals surface area contributed by atoms with Crippen molar-refractivity contribution >= 4 is 17.8 Å². The van der Waals surface area contributed by atoms with Crippen molar-refractivity contribution < 1.29 is 9.13 Å². The third-order valence-electron chi connectivity index (χ3n) is 7.08. The maximum Gasteiger partial charge on any atom is 0.229 e. The molecule has 4 N–H and O–H groups in total. The molecule has 2 atom stereocenters. The van der Waals surface area contributed by atoms with Crippen LogP contribution in [-0.4, -0.2) is 53.3 Å². The molecule has 2 aromatic rings. The van der Waals surface area contributed by atoms with Crippen LogP contribution < -0.4 is 26.0 Å². The molecule has 0 amide bonds. The number of aromatic nitrogens is 3. The van der Waals surface area contributed by atoms with Crippen molar-refractivity contribution in [2.75, 3.05) is 36.1 Å². The van der Waals surface area contributed by atoms with Crippen molar-refractivity contribution in [1.82, 2.24) is 20.3 Å². The molecule has 1 aliphatic heterocycles. The highest BCUT2D eigenvalue weighted by atomic mass is 19.1. The van der Waals surface area contributed by atoms with Crippen molar-refractivity contribution in [3.8, 4) is 5.75 Å². The Labute approximate surface area is 208 Å². The van der Waals surface area contributed by atoms with Gasteiger partial charge in [-0.3, -0.25) is 0 Å². The van der Waals surface area contributed by atoms with Crippen LogP contribution in [0.3, 0.4) is 0 Å². The Balaban J connectivity index is 1.45. The molecule has 8 nitrogen and oxygen atoms in total. The maximum atomic E-state index is 14.0. The molecular weight excluding hydrogens is 445 g/mol. The van der Waals surface area contributed by atoms with Crippen LogP contribution >= 0.6 is 0 Å². The van der Waals surface area contributed by atoms with Crippen molar-refractivity contribution in [3.05, 3.63) is 29.6 Å². The number of nitrogens with one attached hydrogen (secondary N) is 4. The normalized spacial score (nSPS) is 19.7. The highest BCUT2D eigenvalue weighted by Crippen LogP contribution is 2.22. The third kappa shape index (κ3) is 7.40. The Kier molecular flexibility index (Phi) is 9.34. The van der Waals surface area contributed by atoms with Gasteiger partial charge in [-0.2, -0.15) is 15.0 Å². The summed E-state index contributed by atoms with van der Waals surface area (Å²) >= 11 is 0. The number of anilines is 3. The fourth-order valence-electron chi connectivity index (χ4n) is 5.08. The van der Waals surface area contributed by atoms with Gasteiger partial charge < -0.3 is 26.0 Å². The van der Waals surface area contributed by atoms with Gasteiger partial charge in [0.2, 0.25) is 17.8 Å². The summed E-state index contributed by atoms with van der Waals surface area (Å²) in [5.74, 6) is 1.64. The summed E-state index contributed by atoms with van der Waals surface area (Å²) in [5, 5.41) is 14.0. The van der Waals surface area contributed by atoms with E-state index in [0.717, 1.165) is 37.8 Å².